The molecule has 5 aromatic carbocycles. The van der Waals surface area contributed by atoms with Crippen LogP contribution < -0.4 is 59.7 Å². The Morgan fingerprint density at radius 1 is 0.556 bits per heavy atom. The number of aromatic amines is 1. The number of nitrogens with one attached hydrogen (secondary N) is 9. The number of carboxylic acid groups (broad SMARTS) is 1. The van der Waals surface area contributed by atoms with Crippen LogP contribution in [0.2, 0.25) is 0 Å². The van der Waals surface area contributed by atoms with Gasteiger partial charge in [0.05, 0.1) is 12.1 Å². The highest BCUT2D eigenvalue weighted by Crippen LogP contribution is 2.25. The molecule has 7 rings (SSSR count). The number of rotatable bonds is 19. The fraction of sp³-hybridized carbons (Fsp3) is 0.359. The van der Waals surface area contributed by atoms with Gasteiger partial charge in [-0.15, -0.1) is 0 Å². The molecule has 8 amide bonds. The van der Waals surface area contributed by atoms with Crippen LogP contribution in [-0.2, 0) is 81.8 Å². The number of amides is 8. The number of para-hydroxylation sites is 1. The van der Waals surface area contributed by atoms with Gasteiger partial charge in [-0.05, 0) is 90.7 Å². The summed E-state index contributed by atoms with van der Waals surface area (Å²) < 4.78 is 0. The standard InChI is InChI=1S/C64H78N12O12S2/c1-37(77)55-63(86)73-51(30-39-14-6-3-7-15-39)60(83)75-54(64(87)88)36-90-89-35-53(74-56(79)46(67)28-40-23-25-44(78)26-24-40)62(85)71-49(29-38-12-4-2-5-13-38)58(81)70-50(31-41-19-21-42(33-66)22-20-41)59(82)72-52(32-43-34-68-47-17-9-8-16-45(43)47)61(84)69-48(57(80)76-55)18-10-11-27-65/h2-9,12-17,19-26,34,37,46,48-55,68,77-78H,10-11,18,27-33,35-36,65-67H2,1H3,(H,69,84)(H,70,81)(H,71,85)(H,72,82)(H,73,86)(H,74,79)(H,75,83)(H,76,80)(H,87,88)/t37-,46+,48+,49+,50+,51+,52+,53+,54+,55+/m1/s1. The maximum atomic E-state index is 15.2. The fourth-order valence-electron chi connectivity index (χ4n) is 10.00. The van der Waals surface area contributed by atoms with E-state index in [1.165, 1.54) is 19.1 Å². The predicted octanol–water partition coefficient (Wildman–Crippen LogP) is 1.04. The number of fused-ring (bicyclic) bond motifs is 1. The molecule has 18 N–H and O–H groups in total. The molecule has 6 aromatic rings. The minimum absolute atomic E-state index is 0.0114. The molecule has 0 saturated carbocycles. The Kier molecular flexibility index (Phi) is 26.1. The molecule has 0 bridgehead atoms. The molecule has 0 radical (unpaired) electrons. The minimum Gasteiger partial charge on any atom is -0.508 e. The van der Waals surface area contributed by atoms with Crippen molar-refractivity contribution >= 4 is 85.7 Å². The third-order valence-corrected chi connectivity index (χ3v) is 17.5. The van der Waals surface area contributed by atoms with Gasteiger partial charge in [0.2, 0.25) is 47.3 Å². The molecule has 1 aliphatic rings. The van der Waals surface area contributed by atoms with Crippen molar-refractivity contribution in [2.75, 3.05) is 18.1 Å². The Hall–Kier alpha value is -8.79. The van der Waals surface area contributed by atoms with Gasteiger partial charge in [-0.25, -0.2) is 4.79 Å². The van der Waals surface area contributed by atoms with Crippen molar-refractivity contribution in [2.24, 2.45) is 17.2 Å². The first-order chi connectivity index (χ1) is 43.3. The lowest BCUT2D eigenvalue weighted by atomic mass is 9.99. The van der Waals surface area contributed by atoms with Crippen molar-refractivity contribution in [1.29, 1.82) is 0 Å². The van der Waals surface area contributed by atoms with Gasteiger partial charge < -0.3 is 80.0 Å². The largest absolute Gasteiger partial charge is 0.508 e. The third-order valence-electron chi connectivity index (χ3n) is 15.1. The number of hydrogen-bond acceptors (Lipinski definition) is 16. The number of phenols is 1. The van der Waals surface area contributed by atoms with Gasteiger partial charge in [0.1, 0.15) is 54.1 Å². The summed E-state index contributed by atoms with van der Waals surface area (Å²) >= 11 is 0. The highest BCUT2D eigenvalue weighted by atomic mass is 33.1. The van der Waals surface area contributed by atoms with Crippen LogP contribution in [0.3, 0.4) is 0 Å². The van der Waals surface area contributed by atoms with E-state index in [1.54, 1.807) is 109 Å². The molecule has 1 fully saturated rings. The van der Waals surface area contributed by atoms with Gasteiger partial charge in [-0.3, -0.25) is 38.4 Å². The second-order valence-electron chi connectivity index (χ2n) is 22.0. The van der Waals surface area contributed by atoms with E-state index >= 15 is 14.4 Å². The number of aromatic nitrogens is 1. The molecular formula is C64H78N12O12S2. The molecule has 478 valence electrons. The van der Waals surface area contributed by atoms with Gasteiger partial charge in [-0.2, -0.15) is 0 Å². The molecule has 0 aliphatic carbocycles. The van der Waals surface area contributed by atoms with Gasteiger partial charge in [0, 0.05) is 60.8 Å². The number of aliphatic hydroxyl groups is 1. The van der Waals surface area contributed by atoms with Crippen molar-refractivity contribution in [3.63, 3.8) is 0 Å². The Balaban J connectivity index is 1.30. The summed E-state index contributed by atoms with van der Waals surface area (Å²) in [6.07, 6.45) is 0.0924. The van der Waals surface area contributed by atoms with Crippen molar-refractivity contribution in [1.82, 2.24) is 47.5 Å². The van der Waals surface area contributed by atoms with Crippen LogP contribution in [0, 0.1) is 0 Å². The number of carbonyl (C=O) groups is 9. The lowest BCUT2D eigenvalue weighted by Crippen LogP contribution is -2.62. The summed E-state index contributed by atoms with van der Waals surface area (Å²) in [5, 5.41) is 53.8. The summed E-state index contributed by atoms with van der Waals surface area (Å²) in [7, 11) is 1.88. The minimum atomic E-state index is -1.75. The summed E-state index contributed by atoms with van der Waals surface area (Å²) in [4.78, 5) is 134. The van der Waals surface area contributed by atoms with E-state index in [-0.39, 0.29) is 68.9 Å². The third kappa shape index (κ3) is 20.6. The van der Waals surface area contributed by atoms with Crippen LogP contribution in [0.25, 0.3) is 10.9 Å². The van der Waals surface area contributed by atoms with Crippen molar-refractivity contribution in [3.05, 3.63) is 173 Å². The van der Waals surface area contributed by atoms with Gasteiger partial charge in [0.25, 0.3) is 0 Å². The number of carboxylic acids is 1. The van der Waals surface area contributed by atoms with Crippen LogP contribution in [0.5, 0.6) is 5.75 Å². The maximum Gasteiger partial charge on any atom is 0.327 e. The maximum absolute atomic E-state index is 15.2. The van der Waals surface area contributed by atoms with Gasteiger partial charge >= 0.3 is 5.97 Å². The van der Waals surface area contributed by atoms with E-state index in [2.05, 4.69) is 47.5 Å². The number of benzene rings is 5. The average molecular weight is 1270 g/mol. The van der Waals surface area contributed by atoms with E-state index in [9.17, 15) is 44.1 Å². The number of H-pyrrole nitrogens is 1. The molecule has 26 heteroatoms. The topological polar surface area (TPSA) is 404 Å². The molecule has 0 spiro atoms. The highest BCUT2D eigenvalue weighted by Gasteiger charge is 2.37. The van der Waals surface area contributed by atoms with E-state index in [0.29, 0.717) is 46.0 Å². The summed E-state index contributed by atoms with van der Waals surface area (Å²) in [5.74, 6) is -9.15. The smallest absolute Gasteiger partial charge is 0.327 e. The molecule has 1 saturated heterocycles. The Morgan fingerprint density at radius 2 is 1.03 bits per heavy atom. The normalized spacial score (nSPS) is 22.1. The number of carbonyl (C=O) groups excluding carboxylic acids is 8. The van der Waals surface area contributed by atoms with Crippen molar-refractivity contribution in [3.8, 4) is 5.75 Å². The van der Waals surface area contributed by atoms with E-state index in [4.69, 9.17) is 17.2 Å². The quantitative estimate of drug-likeness (QED) is 0.0398. The molecule has 1 aliphatic heterocycles. The number of aliphatic carboxylic acids is 1. The van der Waals surface area contributed by atoms with Crippen LogP contribution in [-0.4, -0.2) is 152 Å². The van der Waals surface area contributed by atoms with Crippen molar-refractivity contribution in [2.45, 2.75) is 125 Å². The molecule has 24 nitrogen and oxygen atoms in total. The number of nitrogens with two attached hydrogens (primary N) is 3. The second kappa shape index (κ2) is 34.3. The van der Waals surface area contributed by atoms with Gasteiger partial charge in [-0.1, -0.05) is 137 Å². The fourth-order valence-corrected chi connectivity index (χ4v) is 12.3. The van der Waals surface area contributed by atoms with Crippen LogP contribution in [0.15, 0.2) is 140 Å². The zero-order chi connectivity index (χ0) is 64.7. The van der Waals surface area contributed by atoms with Crippen molar-refractivity contribution < 1.29 is 58.5 Å². The molecule has 10 atom stereocenters. The Labute approximate surface area is 528 Å². The van der Waals surface area contributed by atoms with E-state index in [0.717, 1.165) is 32.7 Å². The lowest BCUT2D eigenvalue weighted by Gasteiger charge is -2.29. The van der Waals surface area contributed by atoms with E-state index in [1.807, 2.05) is 18.2 Å². The zero-order valence-electron chi connectivity index (χ0n) is 49.6. The Bertz CT molecular complexity index is 3400. The predicted molar refractivity (Wildman–Crippen MR) is 343 cm³/mol. The second-order valence-corrected chi connectivity index (χ2v) is 24.5. The number of aliphatic hydroxyl groups excluding tert-OH is 1. The van der Waals surface area contributed by atoms with E-state index < -0.39 is 114 Å². The summed E-state index contributed by atoms with van der Waals surface area (Å²) in [6, 6.07) is 24.0. The first-order valence-electron chi connectivity index (χ1n) is 29.5. The van der Waals surface area contributed by atoms with Gasteiger partial charge in [0.15, 0.2) is 0 Å². The first-order valence-corrected chi connectivity index (χ1v) is 32.0. The lowest BCUT2D eigenvalue weighted by molar-refractivity contribution is -0.141. The number of phenolic OH excluding ortho intramolecular Hbond substituents is 1. The Morgan fingerprint density at radius 3 is 1.60 bits per heavy atom. The summed E-state index contributed by atoms with van der Waals surface area (Å²) in [6.45, 7) is 1.67. The SMILES string of the molecule is C[C@@H](O)[C@@H]1NC(=O)[C@H](CCCCN)NC(=O)[C@H](Cc2c[nH]c3ccccc23)NC(=O)[C@H](Cc2ccc(CN)cc2)NC(=O)[C@H](Cc2ccccc2)NC(=O)[C@@H](NC(=O)[C@@H](N)Cc2ccc(O)cc2)CSSC[C@@H](C(=O)O)NC(=O)[C@H](Cc2ccccc2)NC1=O. The molecule has 2 heterocycles. The number of unbranched alkanes of at least 4 members (excludes halogenated alkanes) is 1. The zero-order valence-corrected chi connectivity index (χ0v) is 51.2. The number of aromatic hydroxyl groups is 1. The first kappa shape index (κ1) is 68.7. The molecule has 1 aromatic heterocycles. The molecular weight excluding hydrogens is 1190 g/mol. The van der Waals surface area contributed by atoms with Crippen LogP contribution in [0.4, 0.5) is 0 Å². The number of hydrogen-bond donors (Lipinski definition) is 15. The monoisotopic (exact) mass is 1270 g/mol. The van der Waals surface area contributed by atoms with Crippen LogP contribution in [0.1, 0.15) is 59.6 Å². The highest BCUT2D eigenvalue weighted by molar-refractivity contribution is 8.76. The molecule has 0 unspecified atom stereocenters. The average Bonchev–Trinajstić information content (AvgIpc) is 2.02. The summed E-state index contributed by atoms with van der Waals surface area (Å²) in [5.41, 5.74) is 22.6. The molecule has 90 heavy (non-hydrogen) atoms. The van der Waals surface area contributed by atoms with Crippen LogP contribution >= 0.6 is 21.6 Å².